The zero-order valence-electron chi connectivity index (χ0n) is 12.3. The number of amides is 1. The molecular formula is C16H24N2O2. The molecule has 0 aliphatic rings. The van der Waals surface area contributed by atoms with Gasteiger partial charge in [-0.1, -0.05) is 18.2 Å². The minimum atomic E-state index is -0.523. The van der Waals surface area contributed by atoms with Crippen LogP contribution in [0.25, 0.3) is 0 Å². The first-order valence-corrected chi connectivity index (χ1v) is 6.92. The lowest BCUT2D eigenvalue weighted by atomic mass is 10.1. The maximum absolute atomic E-state index is 11.7. The Kier molecular flexibility index (Phi) is 6.81. The zero-order valence-corrected chi connectivity index (χ0v) is 12.3. The van der Waals surface area contributed by atoms with Crippen molar-refractivity contribution in [2.24, 2.45) is 5.73 Å². The highest BCUT2D eigenvalue weighted by atomic mass is 16.5. The first-order chi connectivity index (χ1) is 9.52. The lowest BCUT2D eigenvalue weighted by Crippen LogP contribution is -2.36. The van der Waals surface area contributed by atoms with Gasteiger partial charge >= 0.3 is 0 Å². The predicted molar refractivity (Wildman–Crippen MR) is 81.7 cm³/mol. The number of ether oxygens (including phenoxy) is 1. The van der Waals surface area contributed by atoms with Gasteiger partial charge in [-0.3, -0.25) is 4.79 Å². The van der Waals surface area contributed by atoms with Crippen molar-refractivity contribution in [2.45, 2.75) is 38.8 Å². The first-order valence-electron chi connectivity index (χ1n) is 6.92. The molecule has 0 heterocycles. The Hall–Kier alpha value is -1.81. The third kappa shape index (κ3) is 5.89. The molecule has 0 aromatic heterocycles. The fraction of sp³-hybridized carbons (Fsp3) is 0.438. The molecule has 110 valence electrons. The van der Waals surface area contributed by atoms with E-state index < -0.39 is 6.10 Å². The summed E-state index contributed by atoms with van der Waals surface area (Å²) in [5.41, 5.74) is 6.95. The Morgan fingerprint density at radius 2 is 2.05 bits per heavy atom. The van der Waals surface area contributed by atoms with E-state index in [1.807, 2.05) is 31.2 Å². The SMILES string of the molecule is C=CCNC(=O)C(C)Oc1ccc(CCC(C)N)cc1. The van der Waals surface area contributed by atoms with E-state index in [1.165, 1.54) is 5.56 Å². The molecule has 2 unspecified atom stereocenters. The van der Waals surface area contributed by atoms with Gasteiger partial charge in [-0.25, -0.2) is 0 Å². The summed E-state index contributed by atoms with van der Waals surface area (Å²) >= 11 is 0. The summed E-state index contributed by atoms with van der Waals surface area (Å²) in [4.78, 5) is 11.7. The molecule has 1 aromatic rings. The van der Waals surface area contributed by atoms with E-state index in [4.69, 9.17) is 10.5 Å². The van der Waals surface area contributed by atoms with E-state index in [-0.39, 0.29) is 11.9 Å². The maximum atomic E-state index is 11.7. The number of hydrogen-bond acceptors (Lipinski definition) is 3. The van der Waals surface area contributed by atoms with Gasteiger partial charge in [0.25, 0.3) is 5.91 Å². The van der Waals surface area contributed by atoms with Crippen molar-refractivity contribution in [3.8, 4) is 5.75 Å². The monoisotopic (exact) mass is 276 g/mol. The van der Waals surface area contributed by atoms with Crippen molar-refractivity contribution in [3.63, 3.8) is 0 Å². The second kappa shape index (κ2) is 8.38. The number of benzene rings is 1. The van der Waals surface area contributed by atoms with E-state index in [2.05, 4.69) is 11.9 Å². The lowest BCUT2D eigenvalue weighted by molar-refractivity contribution is -0.127. The number of aryl methyl sites for hydroxylation is 1. The van der Waals surface area contributed by atoms with Crippen LogP contribution in [0, 0.1) is 0 Å². The summed E-state index contributed by atoms with van der Waals surface area (Å²) in [5, 5.41) is 2.70. The summed E-state index contributed by atoms with van der Waals surface area (Å²) in [6.45, 7) is 7.72. The maximum Gasteiger partial charge on any atom is 0.261 e. The molecule has 4 nitrogen and oxygen atoms in total. The molecule has 1 aromatic carbocycles. The highest BCUT2D eigenvalue weighted by Gasteiger charge is 2.13. The van der Waals surface area contributed by atoms with Gasteiger partial charge in [0.2, 0.25) is 0 Å². The van der Waals surface area contributed by atoms with Crippen LogP contribution in [0.1, 0.15) is 25.8 Å². The Morgan fingerprint density at radius 3 is 2.60 bits per heavy atom. The zero-order chi connectivity index (χ0) is 15.0. The minimum absolute atomic E-state index is 0.147. The molecule has 3 N–H and O–H groups in total. The van der Waals surface area contributed by atoms with Crippen molar-refractivity contribution < 1.29 is 9.53 Å². The first kappa shape index (κ1) is 16.2. The number of nitrogens with two attached hydrogens (primary N) is 1. The smallest absolute Gasteiger partial charge is 0.261 e. The lowest BCUT2D eigenvalue weighted by Gasteiger charge is -2.14. The molecule has 0 spiro atoms. The second-order valence-electron chi connectivity index (χ2n) is 4.95. The third-order valence-corrected chi connectivity index (χ3v) is 2.91. The standard InChI is InChI=1S/C16H24N2O2/c1-4-11-18-16(19)13(3)20-15-9-7-14(8-10-15)6-5-12(2)17/h4,7-10,12-13H,1,5-6,11,17H2,2-3H3,(H,18,19). The van der Waals surface area contributed by atoms with E-state index in [0.717, 1.165) is 12.8 Å². The summed E-state index contributed by atoms with van der Waals surface area (Å²) in [6, 6.07) is 7.99. The van der Waals surface area contributed by atoms with Crippen LogP contribution in [0.2, 0.25) is 0 Å². The molecule has 0 aliphatic heterocycles. The number of carbonyl (C=O) groups is 1. The van der Waals surface area contributed by atoms with Crippen molar-refractivity contribution in [1.29, 1.82) is 0 Å². The molecule has 0 aliphatic carbocycles. The van der Waals surface area contributed by atoms with Gasteiger partial charge in [0.05, 0.1) is 0 Å². The van der Waals surface area contributed by atoms with Crippen molar-refractivity contribution in [1.82, 2.24) is 5.32 Å². The second-order valence-corrected chi connectivity index (χ2v) is 4.95. The van der Waals surface area contributed by atoms with Crippen LogP contribution in [-0.2, 0) is 11.2 Å². The molecule has 0 saturated carbocycles. The van der Waals surface area contributed by atoms with Crippen molar-refractivity contribution in [2.75, 3.05) is 6.54 Å². The average molecular weight is 276 g/mol. The van der Waals surface area contributed by atoms with Gasteiger partial charge in [-0.05, 0) is 44.4 Å². The van der Waals surface area contributed by atoms with Crippen LogP contribution in [0.4, 0.5) is 0 Å². The minimum Gasteiger partial charge on any atom is -0.481 e. The van der Waals surface area contributed by atoms with Crippen LogP contribution in [0.15, 0.2) is 36.9 Å². The number of nitrogens with one attached hydrogen (secondary N) is 1. The highest BCUT2D eigenvalue weighted by molar-refractivity contribution is 5.80. The van der Waals surface area contributed by atoms with E-state index in [9.17, 15) is 4.79 Å². The summed E-state index contributed by atoms with van der Waals surface area (Å²) in [6.07, 6.45) is 3.02. The van der Waals surface area contributed by atoms with Gasteiger partial charge in [-0.15, -0.1) is 6.58 Å². The summed E-state index contributed by atoms with van der Waals surface area (Å²) in [7, 11) is 0. The quantitative estimate of drug-likeness (QED) is 0.714. The van der Waals surface area contributed by atoms with Crippen LogP contribution in [-0.4, -0.2) is 24.6 Å². The highest BCUT2D eigenvalue weighted by Crippen LogP contribution is 2.15. The molecule has 1 rings (SSSR count). The van der Waals surface area contributed by atoms with Crippen LogP contribution in [0.5, 0.6) is 5.75 Å². The molecule has 1 amide bonds. The Bertz CT molecular complexity index is 427. The molecule has 20 heavy (non-hydrogen) atoms. The van der Waals surface area contributed by atoms with Gasteiger partial charge in [0, 0.05) is 12.6 Å². The molecule has 4 heteroatoms. The topological polar surface area (TPSA) is 64.3 Å². The number of carbonyl (C=O) groups excluding carboxylic acids is 1. The largest absolute Gasteiger partial charge is 0.481 e. The molecule has 0 bridgehead atoms. The van der Waals surface area contributed by atoms with E-state index >= 15 is 0 Å². The van der Waals surface area contributed by atoms with Crippen LogP contribution in [0.3, 0.4) is 0 Å². The Labute approximate surface area is 121 Å². The van der Waals surface area contributed by atoms with Crippen molar-refractivity contribution in [3.05, 3.63) is 42.5 Å². The van der Waals surface area contributed by atoms with Gasteiger partial charge in [-0.2, -0.15) is 0 Å². The molecule has 0 saturated heterocycles. The summed E-state index contributed by atoms with van der Waals surface area (Å²) < 4.78 is 5.58. The molecule has 0 radical (unpaired) electrons. The van der Waals surface area contributed by atoms with E-state index in [0.29, 0.717) is 12.3 Å². The predicted octanol–water partition coefficient (Wildman–Crippen LogP) is 2.04. The Morgan fingerprint density at radius 1 is 1.40 bits per heavy atom. The number of hydrogen-bond donors (Lipinski definition) is 2. The van der Waals surface area contributed by atoms with Gasteiger partial charge in [0.15, 0.2) is 6.10 Å². The van der Waals surface area contributed by atoms with Crippen LogP contribution < -0.4 is 15.8 Å². The number of rotatable bonds is 8. The fourth-order valence-electron chi connectivity index (χ4n) is 1.70. The molecule has 0 fully saturated rings. The van der Waals surface area contributed by atoms with Crippen molar-refractivity contribution >= 4 is 5.91 Å². The van der Waals surface area contributed by atoms with Gasteiger partial charge in [0.1, 0.15) is 5.75 Å². The third-order valence-electron chi connectivity index (χ3n) is 2.91. The normalized spacial score (nSPS) is 13.3. The molecule has 2 atom stereocenters. The Balaban J connectivity index is 2.48. The fourth-order valence-corrected chi connectivity index (χ4v) is 1.70. The van der Waals surface area contributed by atoms with Gasteiger partial charge < -0.3 is 15.8 Å². The molecular weight excluding hydrogens is 252 g/mol. The average Bonchev–Trinajstić information content (AvgIpc) is 2.43. The van der Waals surface area contributed by atoms with Crippen LogP contribution >= 0.6 is 0 Å². The summed E-state index contributed by atoms with van der Waals surface area (Å²) in [5.74, 6) is 0.543. The van der Waals surface area contributed by atoms with E-state index in [1.54, 1.807) is 13.0 Å².